The summed E-state index contributed by atoms with van der Waals surface area (Å²) in [6, 6.07) is 2.11. The Kier molecular flexibility index (Phi) is 3.78. The standard InChI is InChI=1S/C14H25N3O/c1-13(2,3)15-10-14(6-8-18-11-14)9-12-5-7-17(4)16-12/h5,7,15H,6,8-11H2,1-4H3. The van der Waals surface area contributed by atoms with Crippen LogP contribution in [0.3, 0.4) is 0 Å². The summed E-state index contributed by atoms with van der Waals surface area (Å²) in [6.45, 7) is 9.32. The summed E-state index contributed by atoms with van der Waals surface area (Å²) in [5.41, 5.74) is 1.53. The molecular formula is C14H25N3O. The molecule has 0 amide bonds. The van der Waals surface area contributed by atoms with Crippen molar-refractivity contribution in [3.05, 3.63) is 18.0 Å². The van der Waals surface area contributed by atoms with Gasteiger partial charge in [0, 0.05) is 43.8 Å². The molecule has 2 rings (SSSR count). The maximum atomic E-state index is 5.63. The monoisotopic (exact) mass is 251 g/mol. The van der Waals surface area contributed by atoms with E-state index in [-0.39, 0.29) is 11.0 Å². The van der Waals surface area contributed by atoms with Crippen LogP contribution in [0.5, 0.6) is 0 Å². The van der Waals surface area contributed by atoms with Gasteiger partial charge in [-0.05, 0) is 33.3 Å². The zero-order valence-corrected chi connectivity index (χ0v) is 12.0. The van der Waals surface area contributed by atoms with Gasteiger partial charge in [0.25, 0.3) is 0 Å². The summed E-state index contributed by atoms with van der Waals surface area (Å²) in [7, 11) is 1.97. The van der Waals surface area contributed by atoms with Gasteiger partial charge in [-0.15, -0.1) is 0 Å². The van der Waals surface area contributed by atoms with Crippen LogP contribution in [0.2, 0.25) is 0 Å². The molecule has 1 aliphatic heterocycles. The molecule has 1 unspecified atom stereocenters. The SMILES string of the molecule is Cn1ccc(CC2(CNC(C)(C)C)CCOC2)n1. The number of aryl methyl sites for hydroxylation is 1. The summed E-state index contributed by atoms with van der Waals surface area (Å²) >= 11 is 0. The predicted octanol–water partition coefficient (Wildman–Crippen LogP) is 1.76. The van der Waals surface area contributed by atoms with Gasteiger partial charge in [-0.1, -0.05) is 0 Å². The number of aromatic nitrogens is 2. The van der Waals surface area contributed by atoms with E-state index in [1.807, 2.05) is 17.9 Å². The van der Waals surface area contributed by atoms with E-state index in [1.165, 1.54) is 5.69 Å². The third kappa shape index (κ3) is 3.56. The first kappa shape index (κ1) is 13.6. The van der Waals surface area contributed by atoms with Crippen molar-refractivity contribution in [1.82, 2.24) is 15.1 Å². The Hall–Kier alpha value is -0.870. The smallest absolute Gasteiger partial charge is 0.0631 e. The van der Waals surface area contributed by atoms with Crippen molar-refractivity contribution >= 4 is 0 Å². The van der Waals surface area contributed by atoms with Gasteiger partial charge in [0.15, 0.2) is 0 Å². The van der Waals surface area contributed by atoms with Gasteiger partial charge in [-0.25, -0.2) is 0 Å². The van der Waals surface area contributed by atoms with Crippen molar-refractivity contribution < 1.29 is 4.74 Å². The maximum Gasteiger partial charge on any atom is 0.0631 e. The van der Waals surface area contributed by atoms with E-state index < -0.39 is 0 Å². The molecule has 1 atom stereocenters. The summed E-state index contributed by atoms with van der Waals surface area (Å²) in [5.74, 6) is 0. The van der Waals surface area contributed by atoms with Crippen LogP contribution in [0.4, 0.5) is 0 Å². The third-order valence-electron chi connectivity index (χ3n) is 3.50. The van der Waals surface area contributed by atoms with Gasteiger partial charge in [0.1, 0.15) is 0 Å². The fourth-order valence-corrected chi connectivity index (χ4v) is 2.39. The fourth-order valence-electron chi connectivity index (χ4n) is 2.39. The number of nitrogens with zero attached hydrogens (tertiary/aromatic N) is 2. The van der Waals surface area contributed by atoms with Crippen molar-refractivity contribution in [3.63, 3.8) is 0 Å². The maximum absolute atomic E-state index is 5.63. The van der Waals surface area contributed by atoms with E-state index >= 15 is 0 Å². The number of hydrogen-bond donors (Lipinski definition) is 1. The Bertz CT molecular complexity index is 386. The van der Waals surface area contributed by atoms with Gasteiger partial charge in [0.05, 0.1) is 12.3 Å². The molecule has 1 N–H and O–H groups in total. The summed E-state index contributed by atoms with van der Waals surface area (Å²) in [5, 5.41) is 8.11. The van der Waals surface area contributed by atoms with E-state index in [9.17, 15) is 0 Å². The van der Waals surface area contributed by atoms with E-state index in [4.69, 9.17) is 4.74 Å². The molecule has 1 saturated heterocycles. The molecule has 0 radical (unpaired) electrons. The lowest BCUT2D eigenvalue weighted by Crippen LogP contribution is -2.45. The Morgan fingerprint density at radius 1 is 1.50 bits per heavy atom. The van der Waals surface area contributed by atoms with Crippen LogP contribution in [0, 0.1) is 5.41 Å². The molecule has 1 fully saturated rings. The van der Waals surface area contributed by atoms with Crippen LogP contribution in [0.1, 0.15) is 32.9 Å². The molecule has 4 nitrogen and oxygen atoms in total. The predicted molar refractivity (Wildman–Crippen MR) is 72.5 cm³/mol. The van der Waals surface area contributed by atoms with Crippen LogP contribution in [0.15, 0.2) is 12.3 Å². The zero-order valence-electron chi connectivity index (χ0n) is 12.0. The topological polar surface area (TPSA) is 39.1 Å². The van der Waals surface area contributed by atoms with Gasteiger partial charge >= 0.3 is 0 Å². The third-order valence-corrected chi connectivity index (χ3v) is 3.50. The molecule has 1 aromatic rings. The number of rotatable bonds is 4. The molecule has 102 valence electrons. The highest BCUT2D eigenvalue weighted by Crippen LogP contribution is 2.32. The van der Waals surface area contributed by atoms with Gasteiger partial charge in [0.2, 0.25) is 0 Å². The highest BCUT2D eigenvalue weighted by Gasteiger charge is 2.36. The van der Waals surface area contributed by atoms with E-state index in [1.54, 1.807) is 0 Å². The quantitative estimate of drug-likeness (QED) is 0.886. The van der Waals surface area contributed by atoms with Crippen molar-refractivity contribution in [2.45, 2.75) is 39.2 Å². The lowest BCUT2D eigenvalue weighted by Gasteiger charge is -2.31. The lowest BCUT2D eigenvalue weighted by atomic mass is 9.82. The van der Waals surface area contributed by atoms with Crippen molar-refractivity contribution in [1.29, 1.82) is 0 Å². The molecule has 1 aliphatic rings. The Labute approximate surface area is 110 Å². The first-order valence-corrected chi connectivity index (χ1v) is 6.70. The second-order valence-corrected chi connectivity index (χ2v) is 6.56. The highest BCUT2D eigenvalue weighted by molar-refractivity contribution is 5.05. The second-order valence-electron chi connectivity index (χ2n) is 6.56. The van der Waals surface area contributed by atoms with Crippen LogP contribution < -0.4 is 5.32 Å². The molecule has 18 heavy (non-hydrogen) atoms. The largest absolute Gasteiger partial charge is 0.381 e. The van der Waals surface area contributed by atoms with E-state index in [2.05, 4.69) is 37.3 Å². The average Bonchev–Trinajstić information content (AvgIpc) is 2.86. The van der Waals surface area contributed by atoms with E-state index in [0.29, 0.717) is 0 Å². The second kappa shape index (κ2) is 5.02. The minimum atomic E-state index is 0.152. The number of ether oxygens (including phenoxy) is 1. The van der Waals surface area contributed by atoms with Crippen LogP contribution in [-0.4, -0.2) is 35.1 Å². The van der Waals surface area contributed by atoms with Gasteiger partial charge < -0.3 is 10.1 Å². The normalized spacial score (nSPS) is 24.7. The molecule has 0 saturated carbocycles. The van der Waals surface area contributed by atoms with Gasteiger partial charge in [-0.3, -0.25) is 4.68 Å². The van der Waals surface area contributed by atoms with Gasteiger partial charge in [-0.2, -0.15) is 5.10 Å². The van der Waals surface area contributed by atoms with Crippen molar-refractivity contribution in [2.24, 2.45) is 12.5 Å². The van der Waals surface area contributed by atoms with Crippen LogP contribution in [0.25, 0.3) is 0 Å². The summed E-state index contributed by atoms with van der Waals surface area (Å²) in [4.78, 5) is 0. The van der Waals surface area contributed by atoms with Crippen molar-refractivity contribution in [3.8, 4) is 0 Å². The number of nitrogens with one attached hydrogen (secondary N) is 1. The molecule has 2 heterocycles. The van der Waals surface area contributed by atoms with Crippen LogP contribution in [-0.2, 0) is 18.2 Å². The molecule has 0 bridgehead atoms. The Morgan fingerprint density at radius 3 is 2.78 bits per heavy atom. The molecule has 0 spiro atoms. The molecular weight excluding hydrogens is 226 g/mol. The van der Waals surface area contributed by atoms with Crippen molar-refractivity contribution in [2.75, 3.05) is 19.8 Å². The number of hydrogen-bond acceptors (Lipinski definition) is 3. The first-order chi connectivity index (χ1) is 8.39. The molecule has 4 heteroatoms. The summed E-state index contributed by atoms with van der Waals surface area (Å²) < 4.78 is 7.50. The molecule has 0 aliphatic carbocycles. The summed E-state index contributed by atoms with van der Waals surface area (Å²) in [6.07, 6.45) is 4.12. The first-order valence-electron chi connectivity index (χ1n) is 6.70. The molecule has 1 aromatic heterocycles. The average molecular weight is 251 g/mol. The molecule has 0 aromatic carbocycles. The lowest BCUT2D eigenvalue weighted by molar-refractivity contribution is 0.143. The van der Waals surface area contributed by atoms with E-state index in [0.717, 1.165) is 32.6 Å². The zero-order chi connectivity index (χ0) is 13.2. The Balaban J connectivity index is 2.02. The minimum absolute atomic E-state index is 0.152. The van der Waals surface area contributed by atoms with Crippen LogP contribution >= 0.6 is 0 Å². The Morgan fingerprint density at radius 2 is 2.28 bits per heavy atom. The fraction of sp³-hybridized carbons (Fsp3) is 0.786. The highest BCUT2D eigenvalue weighted by atomic mass is 16.5. The minimum Gasteiger partial charge on any atom is -0.381 e.